The lowest BCUT2D eigenvalue weighted by molar-refractivity contribution is -0.132. The molecule has 0 atom stereocenters. The number of piperazine rings is 1. The van der Waals surface area contributed by atoms with Crippen LogP contribution in [-0.2, 0) is 17.8 Å². The maximum Gasteiger partial charge on any atom is 0.244 e. The summed E-state index contributed by atoms with van der Waals surface area (Å²) in [6.07, 6.45) is 4.52. The Hall–Kier alpha value is -3.75. The molecule has 9 heteroatoms. The molecule has 1 saturated heterocycles. The highest BCUT2D eigenvalue weighted by molar-refractivity contribution is 5.88. The summed E-state index contributed by atoms with van der Waals surface area (Å²) in [4.78, 5) is 29.4. The molecule has 8 nitrogen and oxygen atoms in total. The molecule has 0 aliphatic carbocycles. The summed E-state index contributed by atoms with van der Waals surface area (Å²) in [6.45, 7) is 8.61. The van der Waals surface area contributed by atoms with Crippen molar-refractivity contribution in [1.82, 2.24) is 29.6 Å². The first-order valence-electron chi connectivity index (χ1n) is 11.6. The van der Waals surface area contributed by atoms with Crippen molar-refractivity contribution < 1.29 is 9.18 Å². The standard InChI is InChI=1S/C25H28FN7O/c1-4-18-13-27-24-23(18)28-15-29-25(24)32-9-7-31(8-10-32)22(34)14-33-17(3)12-21(30-33)19-5-6-20(26)16(2)11-19/h5-6,11-13,15,27H,4,7-10,14H2,1-3H3. The van der Waals surface area contributed by atoms with E-state index in [2.05, 4.69) is 31.9 Å². The van der Waals surface area contributed by atoms with Gasteiger partial charge in [0.1, 0.15) is 24.2 Å². The van der Waals surface area contributed by atoms with Crippen molar-refractivity contribution >= 4 is 22.8 Å². The fourth-order valence-electron chi connectivity index (χ4n) is 4.50. The zero-order valence-electron chi connectivity index (χ0n) is 19.7. The quantitative estimate of drug-likeness (QED) is 0.492. The zero-order chi connectivity index (χ0) is 23.8. The Morgan fingerprint density at radius 3 is 2.65 bits per heavy atom. The molecule has 5 rings (SSSR count). The zero-order valence-corrected chi connectivity index (χ0v) is 19.7. The number of rotatable bonds is 5. The number of benzene rings is 1. The summed E-state index contributed by atoms with van der Waals surface area (Å²) in [5, 5.41) is 4.61. The normalized spacial score (nSPS) is 14.2. The van der Waals surface area contributed by atoms with E-state index in [0.29, 0.717) is 31.7 Å². The molecule has 1 N–H and O–H groups in total. The van der Waals surface area contributed by atoms with Crippen molar-refractivity contribution in [2.24, 2.45) is 0 Å². The monoisotopic (exact) mass is 461 g/mol. The molecule has 0 bridgehead atoms. The maximum absolute atomic E-state index is 13.6. The second-order valence-corrected chi connectivity index (χ2v) is 8.75. The van der Waals surface area contributed by atoms with Crippen LogP contribution < -0.4 is 4.90 Å². The van der Waals surface area contributed by atoms with Gasteiger partial charge in [0, 0.05) is 43.6 Å². The average Bonchev–Trinajstić information content (AvgIpc) is 3.44. The number of carbonyl (C=O) groups excluding carboxylic acids is 1. The third-order valence-electron chi connectivity index (χ3n) is 6.55. The number of aromatic amines is 1. The van der Waals surface area contributed by atoms with Gasteiger partial charge in [-0.05, 0) is 55.7 Å². The highest BCUT2D eigenvalue weighted by Gasteiger charge is 2.24. The SMILES string of the molecule is CCc1c[nH]c2c(N3CCN(C(=O)Cn4nc(-c5ccc(F)c(C)c5)cc4C)CC3)ncnc12. The number of halogens is 1. The molecule has 4 aromatic rings. The number of nitrogens with one attached hydrogen (secondary N) is 1. The van der Waals surface area contributed by atoms with Crippen LogP contribution in [0.5, 0.6) is 0 Å². The van der Waals surface area contributed by atoms with Crippen LogP contribution >= 0.6 is 0 Å². The number of hydrogen-bond donors (Lipinski definition) is 1. The summed E-state index contributed by atoms with van der Waals surface area (Å²) in [5.41, 5.74) is 6.15. The van der Waals surface area contributed by atoms with E-state index in [0.717, 1.165) is 40.2 Å². The van der Waals surface area contributed by atoms with Crippen molar-refractivity contribution in [3.63, 3.8) is 0 Å². The largest absolute Gasteiger partial charge is 0.357 e. The minimum absolute atomic E-state index is 0.0358. The van der Waals surface area contributed by atoms with E-state index in [1.54, 1.807) is 30.1 Å². The van der Waals surface area contributed by atoms with E-state index in [9.17, 15) is 9.18 Å². The van der Waals surface area contributed by atoms with Crippen LogP contribution in [0.4, 0.5) is 10.2 Å². The third-order valence-corrected chi connectivity index (χ3v) is 6.55. The van der Waals surface area contributed by atoms with E-state index in [1.807, 2.05) is 24.1 Å². The number of fused-ring (bicyclic) bond motifs is 1. The molecule has 4 heterocycles. The fourth-order valence-corrected chi connectivity index (χ4v) is 4.50. The number of aromatic nitrogens is 5. The minimum Gasteiger partial charge on any atom is -0.357 e. The topological polar surface area (TPSA) is 82.9 Å². The Morgan fingerprint density at radius 2 is 1.91 bits per heavy atom. The first-order chi connectivity index (χ1) is 16.4. The van der Waals surface area contributed by atoms with E-state index < -0.39 is 0 Å². The number of amides is 1. The van der Waals surface area contributed by atoms with E-state index in [4.69, 9.17) is 0 Å². The second kappa shape index (κ2) is 8.89. The Kier molecular flexibility index (Phi) is 5.77. The van der Waals surface area contributed by atoms with Crippen LogP contribution in [0.1, 0.15) is 23.7 Å². The number of carbonyl (C=O) groups is 1. The number of aryl methyl sites for hydroxylation is 3. The highest BCUT2D eigenvalue weighted by Crippen LogP contribution is 2.26. The highest BCUT2D eigenvalue weighted by atomic mass is 19.1. The van der Waals surface area contributed by atoms with E-state index >= 15 is 0 Å². The number of anilines is 1. The van der Waals surface area contributed by atoms with Crippen LogP contribution in [0, 0.1) is 19.7 Å². The molecular weight excluding hydrogens is 433 g/mol. The van der Waals surface area contributed by atoms with Gasteiger partial charge in [0.2, 0.25) is 5.91 Å². The van der Waals surface area contributed by atoms with Gasteiger partial charge in [-0.25, -0.2) is 14.4 Å². The lowest BCUT2D eigenvalue weighted by Gasteiger charge is -2.35. The number of nitrogens with zero attached hydrogens (tertiary/aromatic N) is 6. The molecule has 1 amide bonds. The van der Waals surface area contributed by atoms with Gasteiger partial charge in [0.05, 0.1) is 11.2 Å². The average molecular weight is 462 g/mol. The van der Waals surface area contributed by atoms with Gasteiger partial charge in [-0.1, -0.05) is 6.92 Å². The Balaban J connectivity index is 1.25. The van der Waals surface area contributed by atoms with Crippen molar-refractivity contribution in [2.45, 2.75) is 33.7 Å². The van der Waals surface area contributed by atoms with Gasteiger partial charge < -0.3 is 14.8 Å². The molecule has 176 valence electrons. The van der Waals surface area contributed by atoms with E-state index in [1.165, 1.54) is 11.6 Å². The molecule has 0 spiro atoms. The van der Waals surface area contributed by atoms with Crippen LogP contribution in [-0.4, -0.2) is 61.7 Å². The van der Waals surface area contributed by atoms with Crippen molar-refractivity contribution in [1.29, 1.82) is 0 Å². The molecule has 1 aliphatic rings. The molecule has 0 unspecified atom stereocenters. The Morgan fingerprint density at radius 1 is 1.12 bits per heavy atom. The molecule has 1 fully saturated rings. The van der Waals surface area contributed by atoms with Gasteiger partial charge in [0.15, 0.2) is 5.82 Å². The molecular formula is C25H28FN7O. The summed E-state index contributed by atoms with van der Waals surface area (Å²) in [6, 6.07) is 6.87. The van der Waals surface area contributed by atoms with Crippen LogP contribution in [0.25, 0.3) is 22.3 Å². The fraction of sp³-hybridized carbons (Fsp3) is 0.360. The van der Waals surface area contributed by atoms with Gasteiger partial charge in [-0.3, -0.25) is 9.48 Å². The van der Waals surface area contributed by atoms with Crippen LogP contribution in [0.15, 0.2) is 36.8 Å². The summed E-state index contributed by atoms with van der Waals surface area (Å²) in [7, 11) is 0. The summed E-state index contributed by atoms with van der Waals surface area (Å²) >= 11 is 0. The lowest BCUT2D eigenvalue weighted by atomic mass is 10.1. The predicted molar refractivity (Wildman–Crippen MR) is 129 cm³/mol. The molecule has 1 aromatic carbocycles. The van der Waals surface area contributed by atoms with Crippen LogP contribution in [0.2, 0.25) is 0 Å². The molecule has 1 aliphatic heterocycles. The maximum atomic E-state index is 13.6. The van der Waals surface area contributed by atoms with Crippen molar-refractivity contribution in [2.75, 3.05) is 31.1 Å². The van der Waals surface area contributed by atoms with Gasteiger partial charge in [0.25, 0.3) is 0 Å². The summed E-state index contributed by atoms with van der Waals surface area (Å²) < 4.78 is 15.3. The van der Waals surface area contributed by atoms with E-state index in [-0.39, 0.29) is 18.3 Å². The van der Waals surface area contributed by atoms with Gasteiger partial charge in [-0.15, -0.1) is 0 Å². The number of hydrogen-bond acceptors (Lipinski definition) is 5. The smallest absolute Gasteiger partial charge is 0.244 e. The van der Waals surface area contributed by atoms with Gasteiger partial charge >= 0.3 is 0 Å². The second-order valence-electron chi connectivity index (χ2n) is 8.75. The molecule has 0 radical (unpaired) electrons. The first kappa shape index (κ1) is 22.1. The molecule has 0 saturated carbocycles. The van der Waals surface area contributed by atoms with Crippen molar-refractivity contribution in [3.05, 3.63) is 59.4 Å². The molecule has 34 heavy (non-hydrogen) atoms. The lowest BCUT2D eigenvalue weighted by Crippen LogP contribution is -2.50. The summed E-state index contributed by atoms with van der Waals surface area (Å²) in [5.74, 6) is 0.687. The van der Waals surface area contributed by atoms with Crippen LogP contribution in [0.3, 0.4) is 0 Å². The predicted octanol–water partition coefficient (Wildman–Crippen LogP) is 3.49. The third kappa shape index (κ3) is 4.02. The van der Waals surface area contributed by atoms with Gasteiger partial charge in [-0.2, -0.15) is 5.10 Å². The Bertz CT molecular complexity index is 1350. The first-order valence-corrected chi connectivity index (χ1v) is 11.6. The molecule has 3 aromatic heterocycles. The Labute approximate surface area is 197 Å². The number of H-pyrrole nitrogens is 1. The minimum atomic E-state index is -0.237. The van der Waals surface area contributed by atoms with Crippen molar-refractivity contribution in [3.8, 4) is 11.3 Å².